The number of benzene rings is 1. The predicted molar refractivity (Wildman–Crippen MR) is 65.3 cm³/mol. The summed E-state index contributed by atoms with van der Waals surface area (Å²) < 4.78 is 16.6. The summed E-state index contributed by atoms with van der Waals surface area (Å²) in [5.41, 5.74) is 1.03. The van der Waals surface area contributed by atoms with E-state index in [-0.39, 0.29) is 25.1 Å². The van der Waals surface area contributed by atoms with Gasteiger partial charge in [0.25, 0.3) is 0 Å². The monoisotopic (exact) mass is 264 g/mol. The molecule has 2 saturated heterocycles. The van der Waals surface area contributed by atoms with Gasteiger partial charge in [0.1, 0.15) is 18.3 Å². The van der Waals surface area contributed by atoms with Gasteiger partial charge >= 0.3 is 5.97 Å². The maximum absolute atomic E-state index is 11.3. The number of hydrogen-bond donors (Lipinski definition) is 1. The Kier molecular flexibility index (Phi) is 3.50. The predicted octanol–water partition coefficient (Wildman–Crippen LogP) is 0.647. The average Bonchev–Trinajstić information content (AvgIpc) is 2.93. The molecule has 19 heavy (non-hydrogen) atoms. The average molecular weight is 264 g/mol. The standard InChI is InChI=1S/C14H16O5/c15-7-11-13(14-10(18-11)6-12(16)19-14)17-8-9-4-2-1-3-5-9/h1-5,10-11,13-15H,6-8H2/t10-,11-,13-,14+/m1/s1. The van der Waals surface area contributed by atoms with E-state index in [9.17, 15) is 9.90 Å². The SMILES string of the molecule is O=C1C[C@H]2O[C@H](CO)[C@@H](OCc3ccccc3)[C@H]2O1. The van der Waals surface area contributed by atoms with Crippen molar-refractivity contribution in [1.82, 2.24) is 0 Å². The van der Waals surface area contributed by atoms with Crippen molar-refractivity contribution in [3.63, 3.8) is 0 Å². The van der Waals surface area contributed by atoms with Gasteiger partial charge in [0.2, 0.25) is 0 Å². The Morgan fingerprint density at radius 1 is 1.32 bits per heavy atom. The second-order valence-corrected chi connectivity index (χ2v) is 4.82. The van der Waals surface area contributed by atoms with Crippen molar-refractivity contribution in [3.8, 4) is 0 Å². The molecule has 0 spiro atoms. The molecule has 1 aromatic carbocycles. The minimum Gasteiger partial charge on any atom is -0.457 e. The number of fused-ring (bicyclic) bond motifs is 1. The molecule has 5 heteroatoms. The molecular formula is C14H16O5. The van der Waals surface area contributed by atoms with Crippen LogP contribution in [0.4, 0.5) is 0 Å². The zero-order valence-corrected chi connectivity index (χ0v) is 10.4. The lowest BCUT2D eigenvalue weighted by molar-refractivity contribution is -0.149. The smallest absolute Gasteiger partial charge is 0.309 e. The van der Waals surface area contributed by atoms with Crippen molar-refractivity contribution >= 4 is 5.97 Å². The van der Waals surface area contributed by atoms with Gasteiger partial charge in [-0.05, 0) is 5.56 Å². The summed E-state index contributed by atoms with van der Waals surface area (Å²) in [6, 6.07) is 9.73. The zero-order valence-electron chi connectivity index (χ0n) is 10.4. The molecule has 0 aromatic heterocycles. The van der Waals surface area contributed by atoms with E-state index in [0.29, 0.717) is 6.61 Å². The van der Waals surface area contributed by atoms with Gasteiger partial charge in [0.15, 0.2) is 6.10 Å². The first-order valence-electron chi connectivity index (χ1n) is 6.39. The highest BCUT2D eigenvalue weighted by molar-refractivity contribution is 5.73. The van der Waals surface area contributed by atoms with Gasteiger partial charge in [-0.3, -0.25) is 4.79 Å². The molecule has 3 rings (SSSR count). The summed E-state index contributed by atoms with van der Waals surface area (Å²) in [5, 5.41) is 9.31. The fourth-order valence-electron chi connectivity index (χ4n) is 2.59. The number of aliphatic hydroxyl groups is 1. The fourth-order valence-corrected chi connectivity index (χ4v) is 2.59. The van der Waals surface area contributed by atoms with E-state index in [1.54, 1.807) is 0 Å². The van der Waals surface area contributed by atoms with E-state index in [4.69, 9.17) is 14.2 Å². The molecule has 0 aliphatic carbocycles. The van der Waals surface area contributed by atoms with Crippen molar-refractivity contribution < 1.29 is 24.1 Å². The number of hydrogen-bond acceptors (Lipinski definition) is 5. The van der Waals surface area contributed by atoms with Crippen molar-refractivity contribution in [2.75, 3.05) is 6.61 Å². The number of rotatable bonds is 4. The number of aliphatic hydroxyl groups excluding tert-OH is 1. The molecule has 2 heterocycles. The van der Waals surface area contributed by atoms with Gasteiger partial charge in [-0.25, -0.2) is 0 Å². The minimum atomic E-state index is -0.424. The summed E-state index contributed by atoms with van der Waals surface area (Å²) in [4.78, 5) is 11.3. The van der Waals surface area contributed by atoms with E-state index >= 15 is 0 Å². The minimum absolute atomic E-state index is 0.135. The normalized spacial score (nSPS) is 33.2. The fraction of sp³-hybridized carbons (Fsp3) is 0.500. The first-order chi connectivity index (χ1) is 9.28. The highest BCUT2D eigenvalue weighted by Gasteiger charge is 2.52. The van der Waals surface area contributed by atoms with E-state index in [2.05, 4.69) is 0 Å². The molecule has 2 aliphatic rings. The first-order valence-corrected chi connectivity index (χ1v) is 6.39. The van der Waals surface area contributed by atoms with Crippen LogP contribution in [0.1, 0.15) is 12.0 Å². The lowest BCUT2D eigenvalue weighted by Gasteiger charge is -2.20. The summed E-state index contributed by atoms with van der Waals surface area (Å²) in [5.74, 6) is -0.264. The van der Waals surface area contributed by atoms with Crippen LogP contribution in [-0.4, -0.2) is 42.1 Å². The van der Waals surface area contributed by atoms with Gasteiger partial charge in [-0.1, -0.05) is 30.3 Å². The lowest BCUT2D eigenvalue weighted by atomic mass is 10.1. The highest BCUT2D eigenvalue weighted by atomic mass is 16.6. The molecule has 2 aliphatic heterocycles. The highest BCUT2D eigenvalue weighted by Crippen LogP contribution is 2.33. The Bertz CT molecular complexity index is 446. The summed E-state index contributed by atoms with van der Waals surface area (Å²) in [6.45, 7) is 0.274. The van der Waals surface area contributed by atoms with Crippen LogP contribution in [0.3, 0.4) is 0 Å². The Labute approximate surface area is 111 Å². The Balaban J connectivity index is 1.66. The topological polar surface area (TPSA) is 65.0 Å². The zero-order chi connectivity index (χ0) is 13.2. The Morgan fingerprint density at radius 2 is 2.11 bits per heavy atom. The van der Waals surface area contributed by atoms with E-state index in [1.165, 1.54) is 0 Å². The number of esters is 1. The third kappa shape index (κ3) is 2.49. The third-order valence-electron chi connectivity index (χ3n) is 3.51. The van der Waals surface area contributed by atoms with Gasteiger partial charge in [0, 0.05) is 0 Å². The summed E-state index contributed by atoms with van der Waals surface area (Å²) in [7, 11) is 0. The first kappa shape index (κ1) is 12.6. The molecule has 0 amide bonds. The van der Waals surface area contributed by atoms with Gasteiger partial charge in [-0.15, -0.1) is 0 Å². The quantitative estimate of drug-likeness (QED) is 0.809. The van der Waals surface area contributed by atoms with Crippen LogP contribution in [0.2, 0.25) is 0 Å². The molecule has 2 fully saturated rings. The molecule has 0 bridgehead atoms. The molecule has 0 saturated carbocycles. The second-order valence-electron chi connectivity index (χ2n) is 4.82. The van der Waals surface area contributed by atoms with Crippen LogP contribution < -0.4 is 0 Å². The molecule has 0 radical (unpaired) electrons. The maximum Gasteiger partial charge on any atom is 0.309 e. The second kappa shape index (κ2) is 5.28. The molecule has 4 atom stereocenters. The van der Waals surface area contributed by atoms with Crippen LogP contribution in [0.25, 0.3) is 0 Å². The molecular weight excluding hydrogens is 248 g/mol. The van der Waals surface area contributed by atoms with E-state index in [0.717, 1.165) is 5.56 Å². The number of ether oxygens (including phenoxy) is 3. The number of carbonyl (C=O) groups excluding carboxylic acids is 1. The van der Waals surface area contributed by atoms with Crippen LogP contribution in [0.5, 0.6) is 0 Å². The molecule has 1 N–H and O–H groups in total. The molecule has 102 valence electrons. The Hall–Kier alpha value is -1.43. The van der Waals surface area contributed by atoms with Crippen LogP contribution in [0.15, 0.2) is 30.3 Å². The van der Waals surface area contributed by atoms with Crippen LogP contribution in [0, 0.1) is 0 Å². The van der Waals surface area contributed by atoms with Gasteiger partial charge in [-0.2, -0.15) is 0 Å². The Morgan fingerprint density at radius 3 is 2.84 bits per heavy atom. The molecule has 5 nitrogen and oxygen atoms in total. The van der Waals surface area contributed by atoms with Gasteiger partial charge in [0.05, 0.1) is 19.6 Å². The molecule has 1 aromatic rings. The largest absolute Gasteiger partial charge is 0.457 e. The van der Waals surface area contributed by atoms with E-state index in [1.807, 2.05) is 30.3 Å². The summed E-state index contributed by atoms with van der Waals surface area (Å²) in [6.07, 6.45) is -1.26. The summed E-state index contributed by atoms with van der Waals surface area (Å²) >= 11 is 0. The lowest BCUT2D eigenvalue weighted by Crippen LogP contribution is -2.36. The van der Waals surface area contributed by atoms with Crippen LogP contribution >= 0.6 is 0 Å². The van der Waals surface area contributed by atoms with Gasteiger partial charge < -0.3 is 19.3 Å². The van der Waals surface area contributed by atoms with E-state index < -0.39 is 18.3 Å². The number of carbonyl (C=O) groups is 1. The maximum atomic E-state index is 11.3. The van der Waals surface area contributed by atoms with Crippen molar-refractivity contribution in [1.29, 1.82) is 0 Å². The molecule has 0 unspecified atom stereocenters. The van der Waals surface area contributed by atoms with Crippen molar-refractivity contribution in [2.24, 2.45) is 0 Å². The third-order valence-corrected chi connectivity index (χ3v) is 3.51. The van der Waals surface area contributed by atoms with Crippen molar-refractivity contribution in [3.05, 3.63) is 35.9 Å². The van der Waals surface area contributed by atoms with Crippen LogP contribution in [-0.2, 0) is 25.6 Å². The van der Waals surface area contributed by atoms with Crippen molar-refractivity contribution in [2.45, 2.75) is 37.4 Å².